The Morgan fingerprint density at radius 3 is 2.90 bits per heavy atom. The Labute approximate surface area is 115 Å². The van der Waals surface area contributed by atoms with E-state index in [0.717, 1.165) is 6.42 Å². The number of aromatic nitrogens is 2. The molecule has 2 rings (SSSR count). The van der Waals surface area contributed by atoms with E-state index in [4.69, 9.17) is 0 Å². The van der Waals surface area contributed by atoms with Crippen LogP contribution in [0.4, 0.5) is 5.82 Å². The number of aromatic carboxylic acids is 1. The molecule has 2 aromatic heterocycles. The highest BCUT2D eigenvalue weighted by atomic mass is 16.4. The Hall–Kier alpha value is -2.57. The minimum atomic E-state index is -1.10. The second kappa shape index (κ2) is 6.05. The largest absolute Gasteiger partial charge is 0.476 e. The van der Waals surface area contributed by atoms with Crippen LogP contribution in [0.15, 0.2) is 24.4 Å². The van der Waals surface area contributed by atoms with Crippen LogP contribution in [0.3, 0.4) is 0 Å². The van der Waals surface area contributed by atoms with Gasteiger partial charge in [-0.3, -0.25) is 9.20 Å². The molecule has 0 aliphatic carbocycles. The van der Waals surface area contributed by atoms with Gasteiger partial charge in [-0.15, -0.1) is 0 Å². The molecule has 0 radical (unpaired) electrons. The minimum absolute atomic E-state index is 0.00976. The predicted molar refractivity (Wildman–Crippen MR) is 73.9 cm³/mol. The van der Waals surface area contributed by atoms with Crippen LogP contribution in [-0.4, -0.2) is 39.5 Å². The second-order valence-electron chi connectivity index (χ2n) is 4.25. The van der Waals surface area contributed by atoms with Gasteiger partial charge in [-0.1, -0.05) is 13.0 Å². The maximum absolute atomic E-state index is 11.5. The molecule has 0 aromatic carbocycles. The van der Waals surface area contributed by atoms with Crippen LogP contribution in [0.1, 0.15) is 23.8 Å². The molecule has 0 aliphatic rings. The van der Waals surface area contributed by atoms with Crippen molar-refractivity contribution < 1.29 is 14.7 Å². The van der Waals surface area contributed by atoms with Gasteiger partial charge >= 0.3 is 5.97 Å². The highest BCUT2D eigenvalue weighted by Gasteiger charge is 2.18. The number of imidazole rings is 1. The van der Waals surface area contributed by atoms with Gasteiger partial charge in [-0.25, -0.2) is 9.78 Å². The van der Waals surface area contributed by atoms with E-state index in [0.29, 0.717) is 12.2 Å². The predicted octanol–water partition coefficient (Wildman–Crippen LogP) is 0.971. The summed E-state index contributed by atoms with van der Waals surface area (Å²) >= 11 is 0. The number of nitrogens with zero attached hydrogens (tertiary/aromatic N) is 2. The number of rotatable bonds is 6. The Bertz CT molecular complexity index is 636. The number of fused-ring (bicyclic) bond motifs is 1. The first kappa shape index (κ1) is 13.9. The summed E-state index contributed by atoms with van der Waals surface area (Å²) in [4.78, 5) is 27.0. The molecule has 0 saturated carbocycles. The van der Waals surface area contributed by atoms with Gasteiger partial charge < -0.3 is 15.7 Å². The first-order valence-electron chi connectivity index (χ1n) is 6.34. The molecule has 0 fully saturated rings. The Balaban J connectivity index is 2.19. The van der Waals surface area contributed by atoms with Crippen LogP contribution < -0.4 is 10.6 Å². The van der Waals surface area contributed by atoms with Gasteiger partial charge in [0, 0.05) is 12.7 Å². The molecule has 3 N–H and O–H groups in total. The number of nitrogens with one attached hydrogen (secondary N) is 2. The third-order valence-corrected chi connectivity index (χ3v) is 2.72. The standard InChI is InChI=1S/C13H16N4O3/c1-2-6-14-10(18)8-15-12-11(13(19)20)17-7-4-3-5-9(17)16-12/h3-5,7,15H,2,6,8H2,1H3,(H,14,18)(H,19,20). The second-order valence-corrected chi connectivity index (χ2v) is 4.25. The molecule has 0 saturated heterocycles. The number of carboxylic acids is 1. The van der Waals surface area contributed by atoms with Crippen molar-refractivity contribution in [3.63, 3.8) is 0 Å². The van der Waals surface area contributed by atoms with Crippen LogP contribution in [0.25, 0.3) is 5.65 Å². The molecule has 2 heterocycles. The SMILES string of the molecule is CCCNC(=O)CNc1nc2ccccn2c1C(=O)O. The number of anilines is 1. The summed E-state index contributed by atoms with van der Waals surface area (Å²) in [6.07, 6.45) is 2.47. The minimum Gasteiger partial charge on any atom is -0.476 e. The average molecular weight is 276 g/mol. The molecule has 7 nitrogen and oxygen atoms in total. The van der Waals surface area contributed by atoms with E-state index in [9.17, 15) is 14.7 Å². The summed E-state index contributed by atoms with van der Waals surface area (Å²) in [5, 5.41) is 14.7. The number of pyridine rings is 1. The zero-order valence-corrected chi connectivity index (χ0v) is 11.1. The zero-order chi connectivity index (χ0) is 14.5. The van der Waals surface area contributed by atoms with Gasteiger partial charge in [0.1, 0.15) is 5.65 Å². The first-order chi connectivity index (χ1) is 9.63. The molecular weight excluding hydrogens is 260 g/mol. The highest BCUT2D eigenvalue weighted by molar-refractivity contribution is 5.93. The van der Waals surface area contributed by atoms with E-state index in [2.05, 4.69) is 15.6 Å². The molecule has 7 heteroatoms. The molecule has 0 bridgehead atoms. The molecule has 1 amide bonds. The van der Waals surface area contributed by atoms with Gasteiger partial charge in [0.25, 0.3) is 0 Å². The van der Waals surface area contributed by atoms with Gasteiger partial charge in [0.2, 0.25) is 5.91 Å². The van der Waals surface area contributed by atoms with Crippen LogP contribution >= 0.6 is 0 Å². The highest BCUT2D eigenvalue weighted by Crippen LogP contribution is 2.17. The topological polar surface area (TPSA) is 95.7 Å². The number of carboxylic acid groups (broad SMARTS) is 1. The summed E-state index contributed by atoms with van der Waals surface area (Å²) in [5.74, 6) is -1.10. The lowest BCUT2D eigenvalue weighted by Crippen LogP contribution is -2.30. The Morgan fingerprint density at radius 1 is 1.40 bits per heavy atom. The number of carbonyl (C=O) groups excluding carboxylic acids is 1. The van der Waals surface area contributed by atoms with E-state index in [1.807, 2.05) is 6.92 Å². The summed E-state index contributed by atoms with van der Waals surface area (Å²) in [6.45, 7) is 2.54. The quantitative estimate of drug-likeness (QED) is 0.730. The molecule has 2 aromatic rings. The summed E-state index contributed by atoms with van der Waals surface area (Å²) < 4.78 is 1.47. The Kier molecular flexibility index (Phi) is 4.19. The van der Waals surface area contributed by atoms with Crippen molar-refractivity contribution in [2.24, 2.45) is 0 Å². The lowest BCUT2D eigenvalue weighted by atomic mass is 10.4. The van der Waals surface area contributed by atoms with Crippen molar-refractivity contribution in [2.75, 3.05) is 18.4 Å². The maximum atomic E-state index is 11.5. The van der Waals surface area contributed by atoms with Crippen LogP contribution in [0, 0.1) is 0 Å². The van der Waals surface area contributed by atoms with Crippen molar-refractivity contribution >= 4 is 23.3 Å². The fourth-order valence-corrected chi connectivity index (χ4v) is 1.81. The van der Waals surface area contributed by atoms with Crippen molar-refractivity contribution in [2.45, 2.75) is 13.3 Å². The monoisotopic (exact) mass is 276 g/mol. The number of amides is 1. The first-order valence-corrected chi connectivity index (χ1v) is 6.34. The summed E-state index contributed by atoms with van der Waals surface area (Å²) in [5.41, 5.74) is 0.533. The normalized spacial score (nSPS) is 10.4. The number of hydrogen-bond acceptors (Lipinski definition) is 4. The fraction of sp³-hybridized carbons (Fsp3) is 0.308. The lowest BCUT2D eigenvalue weighted by Gasteiger charge is -2.05. The maximum Gasteiger partial charge on any atom is 0.356 e. The van der Waals surface area contributed by atoms with Gasteiger partial charge in [-0.2, -0.15) is 0 Å². The van der Waals surface area contributed by atoms with Crippen LogP contribution in [0.5, 0.6) is 0 Å². The van der Waals surface area contributed by atoms with Gasteiger partial charge in [0.05, 0.1) is 6.54 Å². The molecule has 0 atom stereocenters. The average Bonchev–Trinajstić information content (AvgIpc) is 2.81. The van der Waals surface area contributed by atoms with Gasteiger partial charge in [0.15, 0.2) is 11.5 Å². The Morgan fingerprint density at radius 2 is 2.20 bits per heavy atom. The number of carbonyl (C=O) groups is 2. The smallest absolute Gasteiger partial charge is 0.356 e. The van der Waals surface area contributed by atoms with E-state index in [1.54, 1.807) is 24.4 Å². The van der Waals surface area contributed by atoms with Crippen LogP contribution in [0.2, 0.25) is 0 Å². The van der Waals surface area contributed by atoms with E-state index in [-0.39, 0.29) is 24.0 Å². The molecule has 0 unspecified atom stereocenters. The molecular formula is C13H16N4O3. The molecule has 106 valence electrons. The van der Waals surface area contributed by atoms with E-state index in [1.165, 1.54) is 4.40 Å². The third kappa shape index (κ3) is 2.87. The van der Waals surface area contributed by atoms with Crippen molar-refractivity contribution in [3.05, 3.63) is 30.1 Å². The fourth-order valence-electron chi connectivity index (χ4n) is 1.81. The number of hydrogen-bond donors (Lipinski definition) is 3. The van der Waals surface area contributed by atoms with Gasteiger partial charge in [-0.05, 0) is 18.6 Å². The van der Waals surface area contributed by atoms with E-state index >= 15 is 0 Å². The molecule has 0 spiro atoms. The summed E-state index contributed by atoms with van der Waals surface area (Å²) in [6, 6.07) is 5.19. The lowest BCUT2D eigenvalue weighted by molar-refractivity contribution is -0.119. The van der Waals surface area contributed by atoms with E-state index < -0.39 is 5.97 Å². The molecule has 0 aliphatic heterocycles. The van der Waals surface area contributed by atoms with Crippen molar-refractivity contribution in [3.8, 4) is 0 Å². The van der Waals surface area contributed by atoms with Crippen molar-refractivity contribution in [1.82, 2.24) is 14.7 Å². The van der Waals surface area contributed by atoms with Crippen molar-refractivity contribution in [1.29, 1.82) is 0 Å². The zero-order valence-electron chi connectivity index (χ0n) is 11.1. The summed E-state index contributed by atoms with van der Waals surface area (Å²) in [7, 11) is 0. The molecule has 20 heavy (non-hydrogen) atoms. The third-order valence-electron chi connectivity index (χ3n) is 2.72. The van der Waals surface area contributed by atoms with Crippen LogP contribution in [-0.2, 0) is 4.79 Å².